The molecule has 0 amide bonds. The topological polar surface area (TPSA) is 163 Å². The first-order chi connectivity index (χ1) is 24.1. The third-order valence-electron chi connectivity index (χ3n) is 10.5. The van der Waals surface area contributed by atoms with Gasteiger partial charge in [0.2, 0.25) is 5.60 Å². The number of esters is 3. The molecule has 4 rings (SSSR count). The van der Waals surface area contributed by atoms with Crippen molar-refractivity contribution in [3.63, 3.8) is 0 Å². The van der Waals surface area contributed by atoms with Crippen LogP contribution < -0.4 is 14.2 Å². The molecule has 0 radical (unpaired) electrons. The van der Waals surface area contributed by atoms with Crippen molar-refractivity contribution in [1.29, 1.82) is 0 Å². The van der Waals surface area contributed by atoms with E-state index in [-0.39, 0.29) is 34.0 Å². The van der Waals surface area contributed by atoms with Crippen molar-refractivity contribution in [2.45, 2.75) is 88.7 Å². The fraction of sp³-hybridized carbons (Fsp3) is 0.341. The van der Waals surface area contributed by atoms with E-state index in [1.807, 2.05) is 0 Å². The van der Waals surface area contributed by atoms with Crippen molar-refractivity contribution >= 4 is 29.7 Å². The average molecular weight is 713 g/mol. The Balaban J connectivity index is 1.66. The fourth-order valence-corrected chi connectivity index (χ4v) is 6.67. The highest BCUT2D eigenvalue weighted by atomic mass is 16.6. The Bertz CT molecular complexity index is 2120. The van der Waals surface area contributed by atoms with Crippen molar-refractivity contribution in [3.05, 3.63) is 107 Å². The molecule has 0 fully saturated rings. The van der Waals surface area contributed by atoms with E-state index in [0.717, 1.165) is 12.2 Å². The molecule has 0 saturated heterocycles. The molecule has 52 heavy (non-hydrogen) atoms. The van der Waals surface area contributed by atoms with E-state index >= 15 is 0 Å². The number of aliphatic hydroxyl groups is 1. The van der Waals surface area contributed by atoms with Gasteiger partial charge in [-0.1, -0.05) is 0 Å². The molecule has 0 spiro atoms. The van der Waals surface area contributed by atoms with Crippen molar-refractivity contribution in [3.8, 4) is 17.2 Å². The number of benzene rings is 3. The number of carboxylic acids is 1. The Morgan fingerprint density at radius 3 is 1.50 bits per heavy atom. The molecule has 11 nitrogen and oxygen atoms in total. The third kappa shape index (κ3) is 6.41. The molecule has 0 aliphatic heterocycles. The Morgan fingerprint density at radius 2 is 1.02 bits per heavy atom. The predicted molar refractivity (Wildman–Crippen MR) is 193 cm³/mol. The summed E-state index contributed by atoms with van der Waals surface area (Å²) in [6.07, 6.45) is 2.15. The smallest absolute Gasteiger partial charge is 0.356 e. The van der Waals surface area contributed by atoms with Gasteiger partial charge in [0.1, 0.15) is 23.0 Å². The minimum atomic E-state index is -2.33. The highest BCUT2D eigenvalue weighted by Crippen LogP contribution is 2.39. The number of hydrogen-bond acceptors (Lipinski definition) is 10. The van der Waals surface area contributed by atoms with E-state index in [0.29, 0.717) is 72.5 Å². The number of methoxy groups -OCH3 is 1. The van der Waals surface area contributed by atoms with Crippen LogP contribution in [0.3, 0.4) is 0 Å². The number of carbonyl (C=O) groups excluding carboxylic acids is 4. The first kappa shape index (κ1) is 39.2. The largest absolute Gasteiger partial charge is 0.497 e. The average Bonchev–Trinajstić information content (AvgIpc) is 3.07. The summed E-state index contributed by atoms with van der Waals surface area (Å²) in [5.74, 6) is -3.45. The second kappa shape index (κ2) is 14.2. The second-order valence-electron chi connectivity index (χ2n) is 13.4. The summed E-state index contributed by atoms with van der Waals surface area (Å²) in [6.45, 7) is 20.1. The number of rotatable bonds is 8. The van der Waals surface area contributed by atoms with Gasteiger partial charge < -0.3 is 29.2 Å². The number of ketones is 1. The summed E-state index contributed by atoms with van der Waals surface area (Å²) in [5, 5.41) is 21.0. The zero-order valence-electron chi connectivity index (χ0n) is 31.8. The van der Waals surface area contributed by atoms with Gasteiger partial charge in [-0.15, -0.1) is 0 Å². The Hall–Kier alpha value is -5.55. The SMILES string of the molecule is COC1=CC(=O)C=C(C)[C@]1(O)C(=O)Oc1c(C)c(C)c(C(=O)Oc2cc(C)c(C(=O)Oc3c(C)c(C)c(C(=O)O)c(C)c3C)c(C)c2C)c(C)c1C. The molecule has 0 bridgehead atoms. The van der Waals surface area contributed by atoms with Crippen LogP contribution in [-0.4, -0.2) is 52.6 Å². The molecular formula is C41H44O11. The zero-order chi connectivity index (χ0) is 39.3. The number of hydrogen-bond donors (Lipinski definition) is 2. The zero-order valence-corrected chi connectivity index (χ0v) is 31.8. The summed E-state index contributed by atoms with van der Waals surface area (Å²) in [6, 6.07) is 1.59. The van der Waals surface area contributed by atoms with Crippen LogP contribution in [0.2, 0.25) is 0 Å². The van der Waals surface area contributed by atoms with Gasteiger partial charge in [0.15, 0.2) is 5.78 Å². The number of carboxylic acid groups (broad SMARTS) is 1. The van der Waals surface area contributed by atoms with Crippen LogP contribution in [0, 0.1) is 76.2 Å². The van der Waals surface area contributed by atoms with E-state index in [2.05, 4.69) is 0 Å². The monoisotopic (exact) mass is 712 g/mol. The fourth-order valence-electron chi connectivity index (χ4n) is 6.67. The highest BCUT2D eigenvalue weighted by molar-refractivity contribution is 6.06. The van der Waals surface area contributed by atoms with Gasteiger partial charge in [0.05, 0.1) is 23.8 Å². The number of ether oxygens (including phenoxy) is 4. The molecule has 1 atom stereocenters. The lowest BCUT2D eigenvalue weighted by molar-refractivity contribution is -0.151. The van der Waals surface area contributed by atoms with Gasteiger partial charge in [0.25, 0.3) is 0 Å². The van der Waals surface area contributed by atoms with Crippen LogP contribution in [0.5, 0.6) is 17.2 Å². The van der Waals surface area contributed by atoms with Gasteiger partial charge in [-0.05, 0) is 162 Å². The first-order valence-corrected chi connectivity index (χ1v) is 16.5. The number of carbonyl (C=O) groups is 5. The minimum absolute atomic E-state index is 0.0378. The molecule has 3 aromatic rings. The molecule has 0 aromatic heterocycles. The number of aromatic carboxylic acids is 1. The van der Waals surface area contributed by atoms with Gasteiger partial charge >= 0.3 is 23.9 Å². The van der Waals surface area contributed by atoms with Crippen LogP contribution >= 0.6 is 0 Å². The molecule has 0 heterocycles. The third-order valence-corrected chi connectivity index (χ3v) is 10.5. The molecule has 1 aliphatic carbocycles. The van der Waals surface area contributed by atoms with Gasteiger partial charge in [0, 0.05) is 6.08 Å². The van der Waals surface area contributed by atoms with Crippen LogP contribution in [0.25, 0.3) is 0 Å². The first-order valence-electron chi connectivity index (χ1n) is 16.5. The summed E-state index contributed by atoms with van der Waals surface area (Å²) >= 11 is 0. The molecule has 0 unspecified atom stereocenters. The van der Waals surface area contributed by atoms with Crippen LogP contribution in [0.4, 0.5) is 0 Å². The molecule has 11 heteroatoms. The Kier molecular flexibility index (Phi) is 10.7. The van der Waals surface area contributed by atoms with Crippen molar-refractivity contribution in [2.75, 3.05) is 7.11 Å². The lowest BCUT2D eigenvalue weighted by atomic mass is 9.87. The van der Waals surface area contributed by atoms with Crippen molar-refractivity contribution in [1.82, 2.24) is 0 Å². The highest BCUT2D eigenvalue weighted by Gasteiger charge is 2.48. The second-order valence-corrected chi connectivity index (χ2v) is 13.4. The van der Waals surface area contributed by atoms with E-state index in [9.17, 15) is 34.2 Å². The molecule has 2 N–H and O–H groups in total. The minimum Gasteiger partial charge on any atom is -0.497 e. The molecule has 274 valence electrons. The van der Waals surface area contributed by atoms with Gasteiger partial charge in [-0.3, -0.25) is 4.79 Å². The molecule has 1 aliphatic rings. The van der Waals surface area contributed by atoms with Crippen molar-refractivity contribution < 1.29 is 53.1 Å². The molecule has 3 aromatic carbocycles. The van der Waals surface area contributed by atoms with Crippen LogP contribution in [-0.2, 0) is 14.3 Å². The Labute approximate surface area is 302 Å². The maximum atomic E-state index is 13.8. The summed E-state index contributed by atoms with van der Waals surface area (Å²) in [5.41, 5.74) is 4.00. The Morgan fingerprint density at radius 1 is 0.577 bits per heavy atom. The van der Waals surface area contributed by atoms with Crippen LogP contribution in [0.1, 0.15) is 99.2 Å². The molecular weight excluding hydrogens is 668 g/mol. The van der Waals surface area contributed by atoms with E-state index in [1.54, 1.807) is 82.2 Å². The van der Waals surface area contributed by atoms with E-state index in [4.69, 9.17) is 18.9 Å². The van der Waals surface area contributed by atoms with Gasteiger partial charge in [-0.2, -0.15) is 0 Å². The van der Waals surface area contributed by atoms with Crippen LogP contribution in [0.15, 0.2) is 29.6 Å². The summed E-state index contributed by atoms with van der Waals surface area (Å²) < 4.78 is 22.8. The molecule has 0 saturated carbocycles. The quantitative estimate of drug-likeness (QED) is 0.184. The number of allylic oxidation sites excluding steroid dienone is 2. The lowest BCUT2D eigenvalue weighted by Crippen LogP contribution is -2.47. The maximum absolute atomic E-state index is 13.8. The maximum Gasteiger partial charge on any atom is 0.356 e. The van der Waals surface area contributed by atoms with E-state index in [1.165, 1.54) is 14.0 Å². The summed E-state index contributed by atoms with van der Waals surface area (Å²) in [7, 11) is 1.23. The van der Waals surface area contributed by atoms with Crippen molar-refractivity contribution in [2.24, 2.45) is 0 Å². The normalized spacial score (nSPS) is 15.5. The summed E-state index contributed by atoms with van der Waals surface area (Å²) in [4.78, 5) is 64.8. The predicted octanol–water partition coefficient (Wildman–Crippen LogP) is 6.91. The number of aryl methyl sites for hydroxylation is 1. The lowest BCUT2D eigenvalue weighted by Gasteiger charge is -2.31. The van der Waals surface area contributed by atoms with Gasteiger partial charge in [-0.25, -0.2) is 19.2 Å². The standard InChI is InChI=1S/C41H44O11/c1-17-14-30(19(3)20(4)32(17)38(45)51-35-25(9)21(5)33(37(43)44)22(6)26(35)10)50-39(46)34-23(7)27(11)36(28(12)24(34)8)52-40(47)41(48)18(2)15-29(42)16-31(41)49-13/h14-16,48H,1-13H3,(H,43,44)/t41-/m1/s1. The van der Waals surface area contributed by atoms with E-state index < -0.39 is 35.3 Å².